The van der Waals surface area contributed by atoms with Crippen molar-refractivity contribution < 1.29 is 0 Å². The van der Waals surface area contributed by atoms with Crippen molar-refractivity contribution in [3.8, 4) is 0 Å². The molecule has 0 saturated carbocycles. The summed E-state index contributed by atoms with van der Waals surface area (Å²) in [6, 6.07) is 2.21. The minimum absolute atomic E-state index is 0.221. The van der Waals surface area contributed by atoms with E-state index >= 15 is 0 Å². The first-order valence-corrected chi connectivity index (χ1v) is 8.02. The fourth-order valence-electron chi connectivity index (χ4n) is 1.87. The summed E-state index contributed by atoms with van der Waals surface area (Å²) in [5.41, 5.74) is 0.221. The molecular formula is C15H24N4S. The van der Waals surface area contributed by atoms with Gasteiger partial charge in [-0.1, -0.05) is 27.7 Å². The number of thiophene rings is 1. The zero-order valence-electron chi connectivity index (χ0n) is 13.0. The van der Waals surface area contributed by atoms with E-state index in [-0.39, 0.29) is 5.41 Å². The number of aryl methyl sites for hydroxylation is 1. The lowest BCUT2D eigenvalue weighted by Gasteiger charge is -2.19. The molecule has 0 unspecified atom stereocenters. The van der Waals surface area contributed by atoms with Gasteiger partial charge >= 0.3 is 0 Å². The van der Waals surface area contributed by atoms with Crippen molar-refractivity contribution in [2.75, 3.05) is 23.7 Å². The molecule has 4 nitrogen and oxygen atoms in total. The maximum absolute atomic E-state index is 4.61. The fourth-order valence-corrected chi connectivity index (χ4v) is 2.83. The SMILES string of the molecule is CCNc1nc(NCC(C)(C)C)c2cc(CC)sc2n1. The Morgan fingerprint density at radius 3 is 2.50 bits per heavy atom. The molecule has 2 aromatic rings. The van der Waals surface area contributed by atoms with Gasteiger partial charge in [-0.3, -0.25) is 0 Å². The summed E-state index contributed by atoms with van der Waals surface area (Å²) in [4.78, 5) is 11.6. The predicted molar refractivity (Wildman–Crippen MR) is 88.9 cm³/mol. The van der Waals surface area contributed by atoms with Crippen LogP contribution in [0.4, 0.5) is 11.8 Å². The lowest BCUT2D eigenvalue weighted by atomic mass is 9.97. The van der Waals surface area contributed by atoms with Crippen LogP contribution in [0.25, 0.3) is 10.2 Å². The molecule has 0 aliphatic rings. The average molecular weight is 292 g/mol. The molecule has 0 aliphatic heterocycles. The molecule has 5 heteroatoms. The van der Waals surface area contributed by atoms with E-state index in [1.54, 1.807) is 11.3 Å². The summed E-state index contributed by atoms with van der Waals surface area (Å²) < 4.78 is 0. The Morgan fingerprint density at radius 1 is 1.15 bits per heavy atom. The number of nitrogens with one attached hydrogen (secondary N) is 2. The van der Waals surface area contributed by atoms with Crippen molar-refractivity contribution in [1.29, 1.82) is 0 Å². The van der Waals surface area contributed by atoms with Gasteiger partial charge in [-0.15, -0.1) is 11.3 Å². The lowest BCUT2D eigenvalue weighted by molar-refractivity contribution is 0.442. The molecule has 0 saturated heterocycles. The van der Waals surface area contributed by atoms with Crippen LogP contribution >= 0.6 is 11.3 Å². The molecule has 0 amide bonds. The molecule has 0 aromatic carbocycles. The smallest absolute Gasteiger partial charge is 0.226 e. The number of fused-ring (bicyclic) bond motifs is 1. The van der Waals surface area contributed by atoms with Crippen LogP contribution in [0.5, 0.6) is 0 Å². The molecule has 0 radical (unpaired) electrons. The molecule has 2 rings (SSSR count). The Bertz CT molecular complexity index is 583. The van der Waals surface area contributed by atoms with Crippen LogP contribution in [-0.4, -0.2) is 23.1 Å². The van der Waals surface area contributed by atoms with E-state index in [1.807, 2.05) is 0 Å². The molecule has 0 atom stereocenters. The van der Waals surface area contributed by atoms with E-state index in [4.69, 9.17) is 0 Å². The first-order valence-electron chi connectivity index (χ1n) is 7.21. The predicted octanol–water partition coefficient (Wildman–Crippen LogP) is 4.14. The van der Waals surface area contributed by atoms with Crippen molar-refractivity contribution in [2.24, 2.45) is 5.41 Å². The molecule has 2 aromatic heterocycles. The Labute approximate surface area is 125 Å². The summed E-state index contributed by atoms with van der Waals surface area (Å²) in [7, 11) is 0. The van der Waals surface area contributed by atoms with Crippen molar-refractivity contribution in [2.45, 2.75) is 41.0 Å². The molecule has 2 heterocycles. The van der Waals surface area contributed by atoms with E-state index in [2.05, 4.69) is 61.3 Å². The summed E-state index contributed by atoms with van der Waals surface area (Å²) >= 11 is 1.75. The molecule has 0 spiro atoms. The van der Waals surface area contributed by atoms with Gasteiger partial charge in [-0.25, -0.2) is 4.98 Å². The van der Waals surface area contributed by atoms with Crippen molar-refractivity contribution >= 4 is 33.3 Å². The number of anilines is 2. The van der Waals surface area contributed by atoms with Crippen LogP contribution in [0, 0.1) is 5.41 Å². The van der Waals surface area contributed by atoms with Gasteiger partial charge in [0.1, 0.15) is 10.6 Å². The van der Waals surface area contributed by atoms with Gasteiger partial charge < -0.3 is 10.6 Å². The Kier molecular flexibility index (Phi) is 4.48. The molecular weight excluding hydrogens is 268 g/mol. The van der Waals surface area contributed by atoms with Crippen molar-refractivity contribution in [3.05, 3.63) is 10.9 Å². The first-order chi connectivity index (χ1) is 9.43. The number of rotatable bonds is 5. The number of aromatic nitrogens is 2. The highest BCUT2D eigenvalue weighted by atomic mass is 32.1. The number of hydrogen-bond acceptors (Lipinski definition) is 5. The van der Waals surface area contributed by atoms with Gasteiger partial charge in [-0.05, 0) is 24.8 Å². The Morgan fingerprint density at radius 2 is 1.90 bits per heavy atom. The third kappa shape index (κ3) is 3.60. The van der Waals surface area contributed by atoms with Crippen molar-refractivity contribution in [1.82, 2.24) is 9.97 Å². The normalized spacial score (nSPS) is 11.8. The van der Waals surface area contributed by atoms with Gasteiger partial charge in [0.25, 0.3) is 0 Å². The van der Waals surface area contributed by atoms with E-state index in [0.717, 1.165) is 35.5 Å². The molecule has 20 heavy (non-hydrogen) atoms. The van der Waals surface area contributed by atoms with E-state index in [1.165, 1.54) is 4.88 Å². The standard InChI is InChI=1S/C15H24N4S/c1-6-10-8-11-12(17-9-15(3,4)5)18-14(16-7-2)19-13(11)20-10/h8H,6-7,9H2,1-5H3,(H2,16,17,18,19). The van der Waals surface area contributed by atoms with E-state index in [0.29, 0.717) is 5.95 Å². The summed E-state index contributed by atoms with van der Waals surface area (Å²) in [6.07, 6.45) is 1.04. The largest absolute Gasteiger partial charge is 0.369 e. The quantitative estimate of drug-likeness (QED) is 0.869. The highest BCUT2D eigenvalue weighted by molar-refractivity contribution is 7.18. The Hall–Kier alpha value is -1.36. The number of nitrogens with zero attached hydrogens (tertiary/aromatic N) is 2. The van der Waals surface area contributed by atoms with Crippen LogP contribution in [0.2, 0.25) is 0 Å². The summed E-state index contributed by atoms with van der Waals surface area (Å²) in [6.45, 7) is 12.6. The highest BCUT2D eigenvalue weighted by Crippen LogP contribution is 2.31. The summed E-state index contributed by atoms with van der Waals surface area (Å²) in [5.74, 6) is 1.65. The van der Waals surface area contributed by atoms with Crippen LogP contribution in [-0.2, 0) is 6.42 Å². The average Bonchev–Trinajstić information content (AvgIpc) is 2.78. The zero-order chi connectivity index (χ0) is 14.8. The van der Waals surface area contributed by atoms with Crippen LogP contribution in [0.3, 0.4) is 0 Å². The van der Waals surface area contributed by atoms with Crippen molar-refractivity contribution in [3.63, 3.8) is 0 Å². The second kappa shape index (κ2) is 5.95. The molecule has 110 valence electrons. The second-order valence-electron chi connectivity index (χ2n) is 6.13. The first kappa shape index (κ1) is 15.0. The fraction of sp³-hybridized carbons (Fsp3) is 0.600. The molecule has 2 N–H and O–H groups in total. The monoisotopic (exact) mass is 292 g/mol. The van der Waals surface area contributed by atoms with E-state index < -0.39 is 0 Å². The van der Waals surface area contributed by atoms with Gasteiger partial charge in [-0.2, -0.15) is 4.98 Å². The third-order valence-electron chi connectivity index (χ3n) is 2.91. The van der Waals surface area contributed by atoms with Crippen LogP contribution in [0.1, 0.15) is 39.5 Å². The van der Waals surface area contributed by atoms with Crippen LogP contribution in [0.15, 0.2) is 6.07 Å². The number of hydrogen-bond donors (Lipinski definition) is 2. The minimum atomic E-state index is 0.221. The maximum atomic E-state index is 4.61. The second-order valence-corrected chi connectivity index (χ2v) is 7.24. The van der Waals surface area contributed by atoms with Gasteiger partial charge in [0.2, 0.25) is 5.95 Å². The topological polar surface area (TPSA) is 49.8 Å². The summed E-state index contributed by atoms with van der Waals surface area (Å²) in [5, 5.41) is 7.83. The van der Waals surface area contributed by atoms with E-state index in [9.17, 15) is 0 Å². The Balaban J connectivity index is 2.40. The highest BCUT2D eigenvalue weighted by Gasteiger charge is 2.14. The van der Waals surface area contributed by atoms with Gasteiger partial charge in [0, 0.05) is 18.0 Å². The maximum Gasteiger partial charge on any atom is 0.226 e. The minimum Gasteiger partial charge on any atom is -0.369 e. The van der Waals surface area contributed by atoms with Crippen LogP contribution < -0.4 is 10.6 Å². The molecule has 0 fully saturated rings. The molecule has 0 aliphatic carbocycles. The lowest BCUT2D eigenvalue weighted by Crippen LogP contribution is -2.20. The zero-order valence-corrected chi connectivity index (χ0v) is 13.8. The van der Waals surface area contributed by atoms with Gasteiger partial charge in [0.15, 0.2) is 0 Å². The molecule has 0 bridgehead atoms. The third-order valence-corrected chi connectivity index (χ3v) is 4.09. The van der Waals surface area contributed by atoms with Gasteiger partial charge in [0.05, 0.1) is 5.39 Å².